The van der Waals surface area contributed by atoms with Crippen molar-refractivity contribution in [1.82, 2.24) is 0 Å². The van der Waals surface area contributed by atoms with E-state index in [2.05, 4.69) is 15.9 Å². The van der Waals surface area contributed by atoms with Crippen LogP contribution in [0.25, 0.3) is 0 Å². The molecule has 0 heterocycles. The first kappa shape index (κ1) is 12.8. The molecule has 0 bridgehead atoms. The van der Waals surface area contributed by atoms with Crippen LogP contribution in [0.1, 0.15) is 0 Å². The van der Waals surface area contributed by atoms with E-state index in [1.165, 1.54) is 12.1 Å². The Morgan fingerprint density at radius 3 is 2.06 bits per heavy atom. The van der Waals surface area contributed by atoms with E-state index in [0.29, 0.717) is 9.32 Å². The van der Waals surface area contributed by atoms with Gasteiger partial charge in [-0.25, -0.2) is 8.78 Å². The van der Waals surface area contributed by atoms with Crippen LogP contribution in [0.5, 0.6) is 11.5 Å². The fourth-order valence-corrected chi connectivity index (χ4v) is 2.06. The standard InChI is InChI=1S/C12H6BrF2IO/c13-7-1-3-9(4-2-7)17-12-10(14)5-8(16)6-11(12)15/h1-6H. The van der Waals surface area contributed by atoms with Crippen LogP contribution >= 0.6 is 38.5 Å². The topological polar surface area (TPSA) is 9.23 Å². The number of halogens is 4. The monoisotopic (exact) mass is 410 g/mol. The van der Waals surface area contributed by atoms with Crippen LogP contribution in [-0.4, -0.2) is 0 Å². The minimum Gasteiger partial charge on any atom is -0.451 e. The van der Waals surface area contributed by atoms with Crippen LogP contribution in [0.15, 0.2) is 40.9 Å². The summed E-state index contributed by atoms with van der Waals surface area (Å²) in [5.41, 5.74) is 0. The molecule has 1 nitrogen and oxygen atoms in total. The Hall–Kier alpha value is -0.690. The van der Waals surface area contributed by atoms with Gasteiger partial charge in [0.05, 0.1) is 0 Å². The van der Waals surface area contributed by atoms with Crippen LogP contribution in [0.4, 0.5) is 8.78 Å². The second kappa shape index (κ2) is 5.30. The van der Waals surface area contributed by atoms with Crippen molar-refractivity contribution < 1.29 is 13.5 Å². The highest BCUT2D eigenvalue weighted by Gasteiger charge is 2.12. The lowest BCUT2D eigenvalue weighted by Crippen LogP contribution is -1.93. The third-order valence-corrected chi connectivity index (χ3v) is 3.15. The first-order valence-corrected chi connectivity index (χ1v) is 6.51. The van der Waals surface area contributed by atoms with Crippen LogP contribution in [-0.2, 0) is 0 Å². The molecule has 0 atom stereocenters. The Labute approximate surface area is 119 Å². The third-order valence-electron chi connectivity index (χ3n) is 2.00. The maximum atomic E-state index is 13.5. The van der Waals surface area contributed by atoms with Crippen molar-refractivity contribution in [2.24, 2.45) is 0 Å². The highest BCUT2D eigenvalue weighted by Crippen LogP contribution is 2.29. The van der Waals surface area contributed by atoms with Gasteiger partial charge in [-0.05, 0) is 59.0 Å². The summed E-state index contributed by atoms with van der Waals surface area (Å²) < 4.78 is 33.5. The highest BCUT2D eigenvalue weighted by molar-refractivity contribution is 14.1. The van der Waals surface area contributed by atoms with Crippen molar-refractivity contribution in [2.75, 3.05) is 0 Å². The Morgan fingerprint density at radius 1 is 1.00 bits per heavy atom. The van der Waals surface area contributed by atoms with Crippen molar-refractivity contribution in [2.45, 2.75) is 0 Å². The fraction of sp³-hybridized carbons (Fsp3) is 0. The van der Waals surface area contributed by atoms with Crippen LogP contribution in [0, 0.1) is 15.2 Å². The summed E-state index contributed by atoms with van der Waals surface area (Å²) in [5.74, 6) is -1.42. The van der Waals surface area contributed by atoms with Crippen LogP contribution in [0.2, 0.25) is 0 Å². The Balaban J connectivity index is 2.33. The average molecular weight is 411 g/mol. The second-order valence-corrected chi connectivity index (χ2v) is 5.42. The maximum Gasteiger partial charge on any atom is 0.198 e. The molecule has 0 N–H and O–H groups in total. The minimum atomic E-state index is -0.711. The van der Waals surface area contributed by atoms with Gasteiger partial charge in [0.1, 0.15) is 5.75 Å². The first-order valence-electron chi connectivity index (χ1n) is 4.64. The molecule has 0 aliphatic carbocycles. The largest absolute Gasteiger partial charge is 0.451 e. The normalized spacial score (nSPS) is 10.4. The van der Waals surface area contributed by atoms with Gasteiger partial charge in [-0.1, -0.05) is 15.9 Å². The molecule has 0 saturated carbocycles. The van der Waals surface area contributed by atoms with E-state index in [9.17, 15) is 8.78 Å². The zero-order valence-corrected chi connectivity index (χ0v) is 12.1. The van der Waals surface area contributed by atoms with E-state index in [1.54, 1.807) is 24.3 Å². The minimum absolute atomic E-state index is 0.382. The van der Waals surface area contributed by atoms with Gasteiger partial charge in [0, 0.05) is 8.04 Å². The molecular formula is C12H6BrF2IO. The molecule has 0 amide bonds. The van der Waals surface area contributed by atoms with Gasteiger partial charge in [-0.3, -0.25) is 0 Å². The van der Waals surface area contributed by atoms with E-state index in [4.69, 9.17) is 4.74 Å². The molecule has 0 spiro atoms. The van der Waals surface area contributed by atoms with Gasteiger partial charge >= 0.3 is 0 Å². The number of hydrogen-bond acceptors (Lipinski definition) is 1. The molecule has 0 saturated heterocycles. The number of benzene rings is 2. The molecule has 88 valence electrons. The van der Waals surface area contributed by atoms with Gasteiger partial charge in [0.2, 0.25) is 0 Å². The molecule has 5 heteroatoms. The smallest absolute Gasteiger partial charge is 0.198 e. The summed E-state index contributed by atoms with van der Waals surface area (Å²) in [6.07, 6.45) is 0. The summed E-state index contributed by atoms with van der Waals surface area (Å²) in [7, 11) is 0. The molecule has 2 rings (SSSR count). The lowest BCUT2D eigenvalue weighted by atomic mass is 10.3. The first-order chi connectivity index (χ1) is 8.06. The number of rotatable bonds is 2. The van der Waals surface area contributed by atoms with E-state index in [0.717, 1.165) is 4.47 Å². The highest BCUT2D eigenvalue weighted by atomic mass is 127. The summed E-state index contributed by atoms with van der Waals surface area (Å²) in [5, 5.41) is 0. The number of ether oxygens (including phenoxy) is 1. The number of hydrogen-bond donors (Lipinski definition) is 0. The van der Waals surface area contributed by atoms with Crippen molar-refractivity contribution in [1.29, 1.82) is 0 Å². The van der Waals surface area contributed by atoms with Gasteiger partial charge < -0.3 is 4.74 Å². The fourth-order valence-electron chi connectivity index (χ4n) is 1.25. The molecule has 2 aromatic rings. The van der Waals surface area contributed by atoms with Crippen molar-refractivity contribution in [3.8, 4) is 11.5 Å². The van der Waals surface area contributed by atoms with Gasteiger partial charge in [-0.15, -0.1) is 0 Å². The molecule has 0 aliphatic rings. The lowest BCUT2D eigenvalue weighted by Gasteiger charge is -2.08. The van der Waals surface area contributed by atoms with Crippen molar-refractivity contribution in [3.63, 3.8) is 0 Å². The molecule has 0 aromatic heterocycles. The Bertz CT molecular complexity index is 520. The molecule has 0 aliphatic heterocycles. The molecule has 0 radical (unpaired) electrons. The second-order valence-electron chi connectivity index (χ2n) is 3.25. The third kappa shape index (κ3) is 3.16. The molecule has 0 fully saturated rings. The predicted octanol–water partition coefficient (Wildman–Crippen LogP) is 5.12. The summed E-state index contributed by atoms with van der Waals surface area (Å²) in [4.78, 5) is 0. The van der Waals surface area contributed by atoms with Crippen LogP contribution < -0.4 is 4.74 Å². The van der Waals surface area contributed by atoms with E-state index >= 15 is 0 Å². The molecular weight excluding hydrogens is 405 g/mol. The Morgan fingerprint density at radius 2 is 1.53 bits per heavy atom. The summed E-state index contributed by atoms with van der Waals surface area (Å²) in [6, 6.07) is 9.16. The van der Waals surface area contributed by atoms with Crippen LogP contribution in [0.3, 0.4) is 0 Å². The summed E-state index contributed by atoms with van der Waals surface area (Å²) >= 11 is 5.11. The van der Waals surface area contributed by atoms with Crippen molar-refractivity contribution >= 4 is 38.5 Å². The van der Waals surface area contributed by atoms with E-state index in [-0.39, 0.29) is 5.75 Å². The SMILES string of the molecule is Fc1cc(I)cc(F)c1Oc1ccc(Br)cc1. The Kier molecular flexibility index (Phi) is 3.98. The zero-order chi connectivity index (χ0) is 12.4. The lowest BCUT2D eigenvalue weighted by molar-refractivity contribution is 0.407. The molecule has 0 unspecified atom stereocenters. The maximum absolute atomic E-state index is 13.5. The quantitative estimate of drug-likeness (QED) is 0.624. The molecule has 2 aromatic carbocycles. The van der Waals surface area contributed by atoms with Crippen molar-refractivity contribution in [3.05, 3.63) is 56.1 Å². The van der Waals surface area contributed by atoms with Gasteiger partial charge in [0.15, 0.2) is 17.4 Å². The van der Waals surface area contributed by atoms with E-state index < -0.39 is 11.6 Å². The zero-order valence-electron chi connectivity index (χ0n) is 8.38. The van der Waals surface area contributed by atoms with E-state index in [1.807, 2.05) is 22.6 Å². The molecule has 17 heavy (non-hydrogen) atoms. The van der Waals surface area contributed by atoms with Gasteiger partial charge in [-0.2, -0.15) is 0 Å². The predicted molar refractivity (Wildman–Crippen MR) is 73.3 cm³/mol. The average Bonchev–Trinajstić information content (AvgIpc) is 2.26. The van der Waals surface area contributed by atoms with Gasteiger partial charge in [0.25, 0.3) is 0 Å². The summed E-state index contributed by atoms with van der Waals surface area (Å²) in [6.45, 7) is 0.